The minimum atomic E-state index is 0.182. The van der Waals surface area contributed by atoms with Gasteiger partial charge < -0.3 is 0 Å². The van der Waals surface area contributed by atoms with Crippen LogP contribution in [0.4, 0.5) is 0 Å². The van der Waals surface area contributed by atoms with Crippen molar-refractivity contribution in [2.75, 3.05) is 0 Å². The Labute approximate surface area is 101 Å². The van der Waals surface area contributed by atoms with Crippen molar-refractivity contribution in [3.05, 3.63) is 23.3 Å². The van der Waals surface area contributed by atoms with E-state index in [-0.39, 0.29) is 5.41 Å². The third kappa shape index (κ3) is 2.24. The van der Waals surface area contributed by atoms with E-state index in [2.05, 4.69) is 25.8 Å². The molecule has 0 fully saturated rings. The Balaban J connectivity index is 2.31. The van der Waals surface area contributed by atoms with Crippen molar-refractivity contribution < 1.29 is 0 Å². The van der Waals surface area contributed by atoms with E-state index >= 15 is 0 Å². The molecule has 86 valence electrons. The highest BCUT2D eigenvalue weighted by molar-refractivity contribution is 7.18. The Morgan fingerprint density at radius 2 is 2.19 bits per heavy atom. The molecule has 0 atom stereocenters. The second-order valence-electron chi connectivity index (χ2n) is 4.83. The molecule has 0 aliphatic carbocycles. The van der Waals surface area contributed by atoms with Crippen molar-refractivity contribution in [2.24, 2.45) is 0 Å². The topological polar surface area (TPSA) is 25.8 Å². The fourth-order valence-electron chi connectivity index (χ4n) is 1.78. The summed E-state index contributed by atoms with van der Waals surface area (Å²) in [6.07, 6.45) is 5.54. The molecule has 2 aromatic heterocycles. The summed E-state index contributed by atoms with van der Waals surface area (Å²) in [5, 5.41) is 1.22. The first-order valence-electron chi connectivity index (χ1n) is 5.85. The second-order valence-corrected chi connectivity index (χ2v) is 5.81. The maximum absolute atomic E-state index is 4.69. The Kier molecular flexibility index (Phi) is 3.24. The smallest absolute Gasteiger partial charge is 0.143 e. The van der Waals surface area contributed by atoms with Gasteiger partial charge in [0, 0.05) is 11.6 Å². The number of fused-ring (bicyclic) bond motifs is 1. The summed E-state index contributed by atoms with van der Waals surface area (Å²) in [7, 11) is 0. The third-order valence-corrected chi connectivity index (χ3v) is 4.25. The first kappa shape index (κ1) is 11.5. The van der Waals surface area contributed by atoms with Crippen molar-refractivity contribution in [1.82, 2.24) is 9.97 Å². The van der Waals surface area contributed by atoms with Crippen LogP contribution in [0, 0.1) is 0 Å². The van der Waals surface area contributed by atoms with Crippen molar-refractivity contribution in [2.45, 2.75) is 45.4 Å². The molecule has 0 saturated heterocycles. The Hall–Kier alpha value is -0.960. The summed E-state index contributed by atoms with van der Waals surface area (Å²) in [5.41, 5.74) is 1.22. The molecule has 2 nitrogen and oxygen atoms in total. The van der Waals surface area contributed by atoms with Crippen molar-refractivity contribution >= 4 is 21.7 Å². The van der Waals surface area contributed by atoms with Gasteiger partial charge in [0.05, 0.1) is 0 Å². The number of unbranched alkanes of at least 4 members (excludes halogenated alkanes) is 1. The Morgan fingerprint density at radius 3 is 2.88 bits per heavy atom. The first-order valence-corrected chi connectivity index (χ1v) is 6.67. The predicted octanol–water partition coefficient (Wildman–Crippen LogP) is 4.16. The fraction of sp³-hybridized carbons (Fsp3) is 0.538. The van der Waals surface area contributed by atoms with Crippen LogP contribution in [0.5, 0.6) is 0 Å². The summed E-state index contributed by atoms with van der Waals surface area (Å²) in [6, 6.07) is 3.99. The van der Waals surface area contributed by atoms with Crippen molar-refractivity contribution in [1.29, 1.82) is 0 Å². The average Bonchev–Trinajstić information content (AvgIpc) is 2.71. The molecule has 0 aliphatic rings. The average molecular weight is 234 g/mol. The summed E-state index contributed by atoms with van der Waals surface area (Å²) < 4.78 is 0. The van der Waals surface area contributed by atoms with E-state index in [4.69, 9.17) is 4.98 Å². The molecule has 0 aromatic carbocycles. The number of hydrogen-bond acceptors (Lipinski definition) is 3. The lowest BCUT2D eigenvalue weighted by atomic mass is 9.88. The van der Waals surface area contributed by atoms with Crippen LogP contribution in [0.2, 0.25) is 0 Å². The van der Waals surface area contributed by atoms with Gasteiger partial charge in [-0.25, -0.2) is 9.97 Å². The number of thiazole rings is 1. The van der Waals surface area contributed by atoms with Crippen LogP contribution < -0.4 is 0 Å². The van der Waals surface area contributed by atoms with Crippen LogP contribution in [-0.2, 0) is 5.41 Å². The van der Waals surface area contributed by atoms with E-state index in [1.54, 1.807) is 11.3 Å². The van der Waals surface area contributed by atoms with E-state index < -0.39 is 0 Å². The van der Waals surface area contributed by atoms with E-state index in [0.29, 0.717) is 0 Å². The van der Waals surface area contributed by atoms with Crippen LogP contribution in [0.3, 0.4) is 0 Å². The van der Waals surface area contributed by atoms with Gasteiger partial charge in [0.2, 0.25) is 0 Å². The van der Waals surface area contributed by atoms with Crippen LogP contribution >= 0.6 is 11.3 Å². The fourth-order valence-corrected chi connectivity index (χ4v) is 2.82. The van der Waals surface area contributed by atoms with E-state index in [1.165, 1.54) is 24.3 Å². The number of nitrogens with zero attached hydrogens (tertiary/aromatic N) is 2. The minimum absolute atomic E-state index is 0.182. The zero-order valence-corrected chi connectivity index (χ0v) is 11.0. The van der Waals surface area contributed by atoms with Gasteiger partial charge in [-0.05, 0) is 18.6 Å². The molecule has 0 saturated carbocycles. The highest BCUT2D eigenvalue weighted by Crippen LogP contribution is 2.33. The summed E-state index contributed by atoms with van der Waals surface area (Å²) in [4.78, 5) is 10.1. The quantitative estimate of drug-likeness (QED) is 0.794. The van der Waals surface area contributed by atoms with Gasteiger partial charge in [-0.2, -0.15) is 0 Å². The molecule has 0 aliphatic heterocycles. The van der Waals surface area contributed by atoms with Crippen LogP contribution in [0.25, 0.3) is 10.3 Å². The van der Waals surface area contributed by atoms with Crippen LogP contribution in [-0.4, -0.2) is 9.97 Å². The molecule has 0 N–H and O–H groups in total. The number of rotatable bonds is 4. The Morgan fingerprint density at radius 1 is 1.38 bits per heavy atom. The predicted molar refractivity (Wildman–Crippen MR) is 70.0 cm³/mol. The van der Waals surface area contributed by atoms with Gasteiger partial charge in [-0.1, -0.05) is 44.9 Å². The maximum Gasteiger partial charge on any atom is 0.143 e. The summed E-state index contributed by atoms with van der Waals surface area (Å²) in [5.74, 6) is 0. The van der Waals surface area contributed by atoms with Crippen molar-refractivity contribution in [3.8, 4) is 0 Å². The normalized spacial score (nSPS) is 12.2. The highest BCUT2D eigenvalue weighted by atomic mass is 32.1. The number of pyridine rings is 1. The highest BCUT2D eigenvalue weighted by Gasteiger charge is 2.24. The molecular weight excluding hydrogens is 216 g/mol. The van der Waals surface area contributed by atoms with Crippen LogP contribution in [0.15, 0.2) is 18.3 Å². The van der Waals surface area contributed by atoms with E-state index in [9.17, 15) is 0 Å². The summed E-state index contributed by atoms with van der Waals surface area (Å²) >= 11 is 1.73. The molecule has 0 unspecified atom stereocenters. The molecule has 2 rings (SSSR count). The molecule has 0 spiro atoms. The molecule has 16 heavy (non-hydrogen) atoms. The molecule has 0 amide bonds. The lowest BCUT2D eigenvalue weighted by Gasteiger charge is -2.21. The molecule has 0 bridgehead atoms. The Bertz CT molecular complexity index is 440. The lowest BCUT2D eigenvalue weighted by molar-refractivity contribution is 0.456. The monoisotopic (exact) mass is 234 g/mol. The number of aromatic nitrogens is 2. The SMILES string of the molecule is CCCCC(C)(C)c1nc2cccnc2s1. The standard InChI is InChI=1S/C13H18N2S/c1-4-5-8-13(2,3)12-15-10-7-6-9-14-11(10)16-12/h6-7,9H,4-5,8H2,1-3H3. The maximum atomic E-state index is 4.69. The zero-order chi connectivity index (χ0) is 11.6. The van der Waals surface area contributed by atoms with Gasteiger partial charge in [-0.15, -0.1) is 0 Å². The molecule has 0 radical (unpaired) electrons. The molecule has 2 aromatic rings. The lowest BCUT2D eigenvalue weighted by Crippen LogP contribution is -2.16. The van der Waals surface area contributed by atoms with E-state index in [0.717, 1.165) is 10.3 Å². The minimum Gasteiger partial charge on any atom is -0.244 e. The third-order valence-electron chi connectivity index (χ3n) is 2.90. The van der Waals surface area contributed by atoms with Gasteiger partial charge in [0.15, 0.2) is 0 Å². The molecular formula is C13H18N2S. The van der Waals surface area contributed by atoms with E-state index in [1.807, 2.05) is 18.3 Å². The van der Waals surface area contributed by atoms with Crippen molar-refractivity contribution in [3.63, 3.8) is 0 Å². The van der Waals surface area contributed by atoms with Gasteiger partial charge >= 0.3 is 0 Å². The number of hydrogen-bond donors (Lipinski definition) is 0. The second kappa shape index (κ2) is 4.50. The van der Waals surface area contributed by atoms with Gasteiger partial charge in [0.1, 0.15) is 15.4 Å². The van der Waals surface area contributed by atoms with Gasteiger partial charge in [0.25, 0.3) is 0 Å². The molecule has 2 heterocycles. The zero-order valence-electron chi connectivity index (χ0n) is 10.2. The molecule has 3 heteroatoms. The van der Waals surface area contributed by atoms with Gasteiger partial charge in [-0.3, -0.25) is 0 Å². The summed E-state index contributed by atoms with van der Waals surface area (Å²) in [6.45, 7) is 6.79. The van der Waals surface area contributed by atoms with Crippen LogP contribution in [0.1, 0.15) is 45.0 Å². The first-order chi connectivity index (χ1) is 7.63. The largest absolute Gasteiger partial charge is 0.244 e.